The van der Waals surface area contributed by atoms with Gasteiger partial charge in [0.2, 0.25) is 0 Å². The number of aromatic nitrogens is 2. The molecule has 3 fully saturated rings. The predicted molar refractivity (Wildman–Crippen MR) is 79.3 cm³/mol. The third kappa shape index (κ3) is 2.43. The van der Waals surface area contributed by atoms with Crippen LogP contribution in [0.15, 0.2) is 6.07 Å². The van der Waals surface area contributed by atoms with Crippen LogP contribution in [0.1, 0.15) is 43.7 Å². The number of anilines is 1. The first-order valence-electron chi connectivity index (χ1n) is 8.08. The molecule has 3 N–H and O–H groups in total. The van der Waals surface area contributed by atoms with Crippen molar-refractivity contribution >= 4 is 11.9 Å². The number of morpholine rings is 1. The molecule has 1 aromatic heterocycles. The lowest BCUT2D eigenvalue weighted by molar-refractivity contribution is -0.0236. The molecule has 0 aromatic carbocycles. The number of hydrogen-bond acceptors (Lipinski definition) is 5. The van der Waals surface area contributed by atoms with E-state index in [4.69, 9.17) is 15.2 Å². The van der Waals surface area contributed by atoms with Gasteiger partial charge in [0.15, 0.2) is 0 Å². The number of fused-ring (bicyclic) bond motifs is 2. The van der Waals surface area contributed by atoms with Gasteiger partial charge in [-0.2, -0.15) is 5.10 Å². The van der Waals surface area contributed by atoms with Crippen LogP contribution in [0.25, 0.3) is 0 Å². The second-order valence-electron chi connectivity index (χ2n) is 6.59. The van der Waals surface area contributed by atoms with Gasteiger partial charge in [-0.05, 0) is 32.1 Å². The summed E-state index contributed by atoms with van der Waals surface area (Å²) in [7, 11) is 0. The van der Waals surface area contributed by atoms with Crippen LogP contribution in [-0.2, 0) is 9.47 Å². The summed E-state index contributed by atoms with van der Waals surface area (Å²) in [4.78, 5) is 14.4. The first-order chi connectivity index (χ1) is 10.7. The van der Waals surface area contributed by atoms with Crippen LogP contribution >= 0.6 is 0 Å². The van der Waals surface area contributed by atoms with E-state index in [0.29, 0.717) is 24.9 Å². The lowest BCUT2D eigenvalue weighted by Crippen LogP contribution is -2.49. The number of amides is 1. The predicted octanol–water partition coefficient (Wildman–Crippen LogP) is 1.63. The summed E-state index contributed by atoms with van der Waals surface area (Å²) < 4.78 is 11.3. The van der Waals surface area contributed by atoms with Crippen molar-refractivity contribution in [2.75, 3.05) is 18.9 Å². The van der Waals surface area contributed by atoms with Gasteiger partial charge in [-0.15, -0.1) is 0 Å². The van der Waals surface area contributed by atoms with Crippen molar-refractivity contribution in [2.45, 2.75) is 56.2 Å². The van der Waals surface area contributed by atoms with Crippen LogP contribution < -0.4 is 5.73 Å². The van der Waals surface area contributed by atoms with E-state index in [1.54, 1.807) is 0 Å². The largest absolute Gasteiger partial charge is 0.446 e. The van der Waals surface area contributed by atoms with E-state index >= 15 is 0 Å². The molecule has 1 aliphatic carbocycles. The summed E-state index contributed by atoms with van der Waals surface area (Å²) >= 11 is 0. The Labute approximate surface area is 129 Å². The number of carbonyl (C=O) groups excluding carboxylic acids is 1. The molecular formula is C15H22N4O3. The van der Waals surface area contributed by atoms with E-state index in [-0.39, 0.29) is 24.3 Å². The number of carbonyl (C=O) groups is 1. The maximum atomic E-state index is 12.5. The summed E-state index contributed by atoms with van der Waals surface area (Å²) in [6.45, 7) is 1.29. The zero-order valence-electron chi connectivity index (χ0n) is 12.5. The molecule has 120 valence electrons. The maximum Gasteiger partial charge on any atom is 0.410 e. The standard InChI is InChI=1S/C15H22N4O3/c16-14-6-13(17-18-14)9-1-4-12(5-9)22-15(20)19-10-2-3-11(19)8-21-7-10/h6,9-12H,1-5,7-8H2,(H3,16,17,18)/t9-,10?,11?,12+/m0/s1. The van der Waals surface area contributed by atoms with E-state index in [9.17, 15) is 4.79 Å². The van der Waals surface area contributed by atoms with Crippen molar-refractivity contribution < 1.29 is 14.3 Å². The monoisotopic (exact) mass is 306 g/mol. The average Bonchev–Trinajstić information content (AvgIpc) is 3.18. The lowest BCUT2D eigenvalue weighted by atomic mass is 10.0. The highest BCUT2D eigenvalue weighted by Crippen LogP contribution is 2.37. The number of rotatable bonds is 2. The van der Waals surface area contributed by atoms with Crippen LogP contribution in [-0.4, -0.2) is 52.6 Å². The fourth-order valence-corrected chi connectivity index (χ4v) is 4.02. The minimum atomic E-state index is -0.162. The van der Waals surface area contributed by atoms with Crippen LogP contribution in [0.2, 0.25) is 0 Å². The first kappa shape index (κ1) is 13.9. The van der Waals surface area contributed by atoms with E-state index < -0.39 is 0 Å². The zero-order valence-corrected chi connectivity index (χ0v) is 12.5. The number of H-pyrrole nitrogens is 1. The quantitative estimate of drug-likeness (QED) is 0.866. The Morgan fingerprint density at radius 1 is 1.32 bits per heavy atom. The van der Waals surface area contributed by atoms with E-state index in [2.05, 4.69) is 10.2 Å². The number of nitrogens with zero attached hydrogens (tertiary/aromatic N) is 2. The van der Waals surface area contributed by atoms with Crippen molar-refractivity contribution in [1.82, 2.24) is 15.1 Å². The van der Waals surface area contributed by atoms with Gasteiger partial charge in [-0.3, -0.25) is 10.00 Å². The molecule has 0 radical (unpaired) electrons. The third-order valence-electron chi connectivity index (χ3n) is 5.16. The highest BCUT2D eigenvalue weighted by molar-refractivity contribution is 5.69. The molecular weight excluding hydrogens is 284 g/mol. The first-order valence-corrected chi connectivity index (χ1v) is 8.08. The number of nitrogen functional groups attached to an aromatic ring is 1. The van der Waals surface area contributed by atoms with Gasteiger partial charge in [-0.1, -0.05) is 0 Å². The van der Waals surface area contributed by atoms with Gasteiger partial charge in [0.05, 0.1) is 25.3 Å². The number of ether oxygens (including phenoxy) is 2. The van der Waals surface area contributed by atoms with Gasteiger partial charge in [-0.25, -0.2) is 4.79 Å². The highest BCUT2D eigenvalue weighted by Gasteiger charge is 2.42. The summed E-state index contributed by atoms with van der Waals surface area (Å²) in [5.41, 5.74) is 6.69. The number of aromatic amines is 1. The fourth-order valence-electron chi connectivity index (χ4n) is 4.02. The molecule has 4 atom stereocenters. The SMILES string of the molecule is Nc1cc([C@H]2CC[C@@H](OC(=O)N3C4CCC3COC4)C2)[nH]n1. The van der Waals surface area contributed by atoms with Crippen LogP contribution in [0, 0.1) is 0 Å². The van der Waals surface area contributed by atoms with Crippen molar-refractivity contribution in [3.8, 4) is 0 Å². The Balaban J connectivity index is 1.35. The number of nitrogens with two attached hydrogens (primary N) is 1. The maximum absolute atomic E-state index is 12.5. The molecule has 0 spiro atoms. The molecule has 2 bridgehead atoms. The molecule has 22 heavy (non-hydrogen) atoms. The molecule has 1 amide bonds. The molecule has 7 heteroatoms. The van der Waals surface area contributed by atoms with Crippen molar-refractivity contribution in [3.63, 3.8) is 0 Å². The Kier molecular flexibility index (Phi) is 3.44. The Hall–Kier alpha value is -1.76. The minimum absolute atomic E-state index is 0.00994. The van der Waals surface area contributed by atoms with E-state index in [1.165, 1.54) is 0 Å². The second kappa shape index (κ2) is 5.46. The third-order valence-corrected chi connectivity index (χ3v) is 5.16. The smallest absolute Gasteiger partial charge is 0.410 e. The van der Waals surface area contributed by atoms with Crippen LogP contribution in [0.5, 0.6) is 0 Å². The molecule has 3 aliphatic rings. The Morgan fingerprint density at radius 2 is 2.09 bits per heavy atom. The van der Waals surface area contributed by atoms with Gasteiger partial charge in [0.25, 0.3) is 0 Å². The molecule has 7 nitrogen and oxygen atoms in total. The lowest BCUT2D eigenvalue weighted by Gasteiger charge is -2.34. The topological polar surface area (TPSA) is 93.5 Å². The van der Waals surface area contributed by atoms with Crippen molar-refractivity contribution in [2.24, 2.45) is 0 Å². The summed E-state index contributed by atoms with van der Waals surface area (Å²) in [5, 5.41) is 6.94. The normalized spacial score (nSPS) is 34.1. The molecule has 1 saturated carbocycles. The second-order valence-corrected chi connectivity index (χ2v) is 6.59. The van der Waals surface area contributed by atoms with Gasteiger partial charge >= 0.3 is 6.09 Å². The molecule has 1 aromatic rings. The van der Waals surface area contributed by atoms with Crippen molar-refractivity contribution in [1.29, 1.82) is 0 Å². The summed E-state index contributed by atoms with van der Waals surface area (Å²) in [6, 6.07) is 2.28. The van der Waals surface area contributed by atoms with Gasteiger partial charge in [0, 0.05) is 17.7 Å². The summed E-state index contributed by atoms with van der Waals surface area (Å²) in [5.74, 6) is 0.865. The van der Waals surface area contributed by atoms with Crippen LogP contribution in [0.3, 0.4) is 0 Å². The Morgan fingerprint density at radius 3 is 2.77 bits per heavy atom. The van der Waals surface area contributed by atoms with Crippen molar-refractivity contribution in [3.05, 3.63) is 11.8 Å². The molecule has 2 saturated heterocycles. The van der Waals surface area contributed by atoms with E-state index in [0.717, 1.165) is 37.8 Å². The average molecular weight is 306 g/mol. The Bertz CT molecular complexity index is 545. The van der Waals surface area contributed by atoms with Crippen LogP contribution in [0.4, 0.5) is 10.6 Å². The number of hydrogen-bond donors (Lipinski definition) is 2. The number of nitrogens with one attached hydrogen (secondary N) is 1. The van der Waals surface area contributed by atoms with E-state index in [1.807, 2.05) is 11.0 Å². The van der Waals surface area contributed by atoms with Gasteiger partial charge < -0.3 is 15.2 Å². The summed E-state index contributed by atoms with van der Waals surface area (Å²) in [6.07, 6.45) is 4.62. The highest BCUT2D eigenvalue weighted by atomic mass is 16.6. The van der Waals surface area contributed by atoms with Gasteiger partial charge in [0.1, 0.15) is 11.9 Å². The zero-order chi connectivity index (χ0) is 15.1. The minimum Gasteiger partial charge on any atom is -0.446 e. The molecule has 4 rings (SSSR count). The molecule has 3 heterocycles. The molecule has 2 aliphatic heterocycles. The fraction of sp³-hybridized carbons (Fsp3) is 0.733. The molecule has 2 unspecified atom stereocenters.